The van der Waals surface area contributed by atoms with Crippen LogP contribution >= 0.6 is 11.3 Å². The number of sulfone groups is 1. The van der Waals surface area contributed by atoms with E-state index in [1.807, 2.05) is 0 Å². The SMILES string of the molecule is C=C(/C=C(\NCc1ccccn1)C(F)(F)F)c1ccc(-c2cccc(S(C)(=O)=O)c2)s1. The van der Waals surface area contributed by atoms with Gasteiger partial charge in [-0.15, -0.1) is 11.3 Å². The molecular formula is C22H19F3N2O2S2. The van der Waals surface area contributed by atoms with Gasteiger partial charge in [-0.05, 0) is 53.6 Å². The minimum Gasteiger partial charge on any atom is -0.375 e. The molecule has 2 heterocycles. The molecule has 1 aromatic carbocycles. The number of rotatable bonds is 7. The van der Waals surface area contributed by atoms with Crippen molar-refractivity contribution in [1.82, 2.24) is 10.3 Å². The van der Waals surface area contributed by atoms with Gasteiger partial charge >= 0.3 is 6.18 Å². The third kappa shape index (κ3) is 6.05. The number of aromatic nitrogens is 1. The molecule has 0 saturated heterocycles. The maximum atomic E-state index is 13.5. The molecule has 0 spiro atoms. The van der Waals surface area contributed by atoms with E-state index in [9.17, 15) is 21.6 Å². The van der Waals surface area contributed by atoms with Gasteiger partial charge in [-0.1, -0.05) is 24.8 Å². The molecule has 0 fully saturated rings. The average Bonchev–Trinajstić information content (AvgIpc) is 3.21. The molecule has 1 N–H and O–H groups in total. The topological polar surface area (TPSA) is 59.1 Å². The molecule has 0 aliphatic heterocycles. The van der Waals surface area contributed by atoms with Gasteiger partial charge in [0.15, 0.2) is 9.84 Å². The van der Waals surface area contributed by atoms with Gasteiger partial charge in [0.05, 0.1) is 17.1 Å². The first-order valence-electron chi connectivity index (χ1n) is 9.06. The van der Waals surface area contributed by atoms with Crippen LogP contribution in [0, 0.1) is 0 Å². The predicted molar refractivity (Wildman–Crippen MR) is 117 cm³/mol. The Morgan fingerprint density at radius 1 is 1.16 bits per heavy atom. The summed E-state index contributed by atoms with van der Waals surface area (Å²) in [6, 6.07) is 14.8. The Bertz CT molecular complexity index is 1210. The molecule has 0 saturated carbocycles. The Balaban J connectivity index is 1.83. The zero-order chi connectivity index (χ0) is 22.6. The van der Waals surface area contributed by atoms with Crippen LogP contribution in [0.5, 0.6) is 0 Å². The van der Waals surface area contributed by atoms with Gasteiger partial charge in [-0.2, -0.15) is 13.2 Å². The van der Waals surface area contributed by atoms with Crippen molar-refractivity contribution < 1.29 is 21.6 Å². The lowest BCUT2D eigenvalue weighted by Crippen LogP contribution is -2.26. The number of thiophene rings is 1. The molecule has 4 nitrogen and oxygen atoms in total. The van der Waals surface area contributed by atoms with E-state index in [-0.39, 0.29) is 17.0 Å². The van der Waals surface area contributed by atoms with Gasteiger partial charge in [0, 0.05) is 22.2 Å². The van der Waals surface area contributed by atoms with Crippen LogP contribution in [0.4, 0.5) is 13.2 Å². The van der Waals surface area contributed by atoms with Crippen LogP contribution in [-0.4, -0.2) is 25.8 Å². The Hall–Kier alpha value is -2.91. The summed E-state index contributed by atoms with van der Waals surface area (Å²) in [6.07, 6.45) is -0.985. The van der Waals surface area contributed by atoms with E-state index in [2.05, 4.69) is 16.9 Å². The predicted octanol–water partition coefficient (Wildman–Crippen LogP) is 5.46. The van der Waals surface area contributed by atoms with Crippen LogP contribution in [0.25, 0.3) is 16.0 Å². The number of benzene rings is 1. The van der Waals surface area contributed by atoms with Crippen LogP contribution in [0.1, 0.15) is 10.6 Å². The van der Waals surface area contributed by atoms with E-state index in [4.69, 9.17) is 0 Å². The summed E-state index contributed by atoms with van der Waals surface area (Å²) in [4.78, 5) is 5.46. The van der Waals surface area contributed by atoms with Crippen molar-refractivity contribution in [3.63, 3.8) is 0 Å². The molecule has 0 bridgehead atoms. The summed E-state index contributed by atoms with van der Waals surface area (Å²) in [7, 11) is -3.37. The zero-order valence-corrected chi connectivity index (χ0v) is 18.1. The lowest BCUT2D eigenvalue weighted by atomic mass is 10.1. The molecule has 0 radical (unpaired) electrons. The lowest BCUT2D eigenvalue weighted by Gasteiger charge is -2.14. The maximum Gasteiger partial charge on any atom is 0.430 e. The Morgan fingerprint density at radius 3 is 2.58 bits per heavy atom. The minimum atomic E-state index is -4.58. The second kappa shape index (κ2) is 9.07. The highest BCUT2D eigenvalue weighted by molar-refractivity contribution is 7.90. The molecule has 0 aliphatic carbocycles. The number of pyridine rings is 1. The standard InChI is InChI=1S/C22H19F3N2O2S2/c1-15(12-21(22(23,24)25)27-14-17-7-3-4-11-26-17)19-9-10-20(30-19)16-6-5-8-18(13-16)31(2,28)29/h3-13,27H,1,14H2,2H3/b21-12-. The average molecular weight is 465 g/mol. The maximum absolute atomic E-state index is 13.5. The molecule has 0 unspecified atom stereocenters. The third-order valence-electron chi connectivity index (χ3n) is 4.28. The van der Waals surface area contributed by atoms with Crippen LogP contribution in [0.15, 0.2) is 84.0 Å². The summed E-state index contributed by atoms with van der Waals surface area (Å²) >= 11 is 1.23. The number of nitrogens with one attached hydrogen (secondary N) is 1. The van der Waals surface area contributed by atoms with Crippen molar-refractivity contribution in [2.75, 3.05) is 6.26 Å². The van der Waals surface area contributed by atoms with Crippen LogP contribution < -0.4 is 5.32 Å². The fourth-order valence-corrected chi connectivity index (χ4v) is 4.32. The fourth-order valence-electron chi connectivity index (χ4n) is 2.71. The van der Waals surface area contributed by atoms with E-state index in [0.717, 1.165) is 17.2 Å². The number of alkyl halides is 3. The van der Waals surface area contributed by atoms with E-state index >= 15 is 0 Å². The smallest absolute Gasteiger partial charge is 0.375 e. The normalized spacial score (nSPS) is 12.6. The van der Waals surface area contributed by atoms with Gasteiger partial charge in [0.1, 0.15) is 5.70 Å². The molecule has 0 aliphatic rings. The molecule has 162 valence electrons. The van der Waals surface area contributed by atoms with Crippen molar-refractivity contribution in [1.29, 1.82) is 0 Å². The molecule has 3 rings (SSSR count). The molecule has 2 aromatic heterocycles. The summed E-state index contributed by atoms with van der Waals surface area (Å²) in [6.45, 7) is 3.70. The highest BCUT2D eigenvalue weighted by Crippen LogP contribution is 2.34. The van der Waals surface area contributed by atoms with Crippen molar-refractivity contribution in [3.05, 3.63) is 89.7 Å². The van der Waals surface area contributed by atoms with Crippen LogP contribution in [0.3, 0.4) is 0 Å². The molecule has 0 amide bonds. The summed E-state index contributed by atoms with van der Waals surface area (Å²) in [5.74, 6) is 0. The van der Waals surface area contributed by atoms with Crippen molar-refractivity contribution in [2.24, 2.45) is 0 Å². The first-order chi connectivity index (χ1) is 14.5. The Labute approximate surface area is 182 Å². The first kappa shape index (κ1) is 22.8. The van der Waals surface area contributed by atoms with E-state index in [1.54, 1.807) is 48.5 Å². The second-order valence-electron chi connectivity index (χ2n) is 6.72. The highest BCUT2D eigenvalue weighted by atomic mass is 32.2. The number of halogens is 3. The van der Waals surface area contributed by atoms with Crippen molar-refractivity contribution in [3.8, 4) is 10.4 Å². The van der Waals surface area contributed by atoms with E-state index < -0.39 is 21.7 Å². The van der Waals surface area contributed by atoms with Crippen molar-refractivity contribution in [2.45, 2.75) is 17.6 Å². The first-order valence-corrected chi connectivity index (χ1v) is 11.8. The summed E-state index contributed by atoms with van der Waals surface area (Å²) in [5, 5.41) is 2.39. The van der Waals surface area contributed by atoms with Gasteiger partial charge in [-0.25, -0.2) is 8.42 Å². The van der Waals surface area contributed by atoms with Crippen LogP contribution in [-0.2, 0) is 16.4 Å². The largest absolute Gasteiger partial charge is 0.430 e. The third-order valence-corrected chi connectivity index (χ3v) is 6.60. The highest BCUT2D eigenvalue weighted by Gasteiger charge is 2.34. The monoisotopic (exact) mass is 464 g/mol. The summed E-state index contributed by atoms with van der Waals surface area (Å²) in [5.41, 5.74) is 0.418. The van der Waals surface area contributed by atoms with Crippen molar-refractivity contribution >= 4 is 26.7 Å². The van der Waals surface area contributed by atoms with Gasteiger partial charge in [-0.3, -0.25) is 4.98 Å². The second-order valence-corrected chi connectivity index (χ2v) is 9.82. The van der Waals surface area contributed by atoms with Crippen LogP contribution in [0.2, 0.25) is 0 Å². The fraction of sp³-hybridized carbons (Fsp3) is 0.136. The number of hydrogen-bond donors (Lipinski definition) is 1. The number of hydrogen-bond acceptors (Lipinski definition) is 5. The quantitative estimate of drug-likeness (QED) is 0.472. The van der Waals surface area contributed by atoms with Gasteiger partial charge in [0.25, 0.3) is 0 Å². The number of nitrogens with zero attached hydrogens (tertiary/aromatic N) is 1. The number of allylic oxidation sites excluding steroid dienone is 3. The Morgan fingerprint density at radius 2 is 1.94 bits per heavy atom. The molecule has 0 atom stereocenters. The lowest BCUT2D eigenvalue weighted by molar-refractivity contribution is -0.0968. The van der Waals surface area contributed by atoms with Gasteiger partial charge in [0.2, 0.25) is 0 Å². The Kier molecular flexibility index (Phi) is 6.66. The van der Waals surface area contributed by atoms with E-state index in [1.165, 1.54) is 23.6 Å². The zero-order valence-electron chi connectivity index (χ0n) is 16.5. The molecule has 9 heteroatoms. The minimum absolute atomic E-state index is 0.0760. The summed E-state index contributed by atoms with van der Waals surface area (Å²) < 4.78 is 64.0. The molecule has 3 aromatic rings. The molecular weight excluding hydrogens is 445 g/mol. The van der Waals surface area contributed by atoms with Gasteiger partial charge < -0.3 is 5.32 Å². The molecule has 31 heavy (non-hydrogen) atoms. The van der Waals surface area contributed by atoms with E-state index in [0.29, 0.717) is 16.1 Å².